The molecule has 1 radical (unpaired) electrons. The molecule has 0 saturated heterocycles. The predicted octanol–water partition coefficient (Wildman–Crippen LogP) is 0.0443. The van der Waals surface area contributed by atoms with Crippen LogP contribution in [0.1, 0.15) is 6.92 Å². The third-order valence-electron chi connectivity index (χ3n) is 1.28. The standard InChI is InChI=1S/C8H18O4.Y/c1-8(7-11-4-3-9)12-6-5-10-2;/h8-9H,3-7H2,1-2H3;. The Morgan fingerprint density at radius 2 is 1.92 bits per heavy atom. The Kier molecular flexibility index (Phi) is 16.3. The second kappa shape index (κ2) is 12.9. The summed E-state index contributed by atoms with van der Waals surface area (Å²) in [5.74, 6) is 0. The summed E-state index contributed by atoms with van der Waals surface area (Å²) < 4.78 is 15.2. The summed E-state index contributed by atoms with van der Waals surface area (Å²) in [5, 5.41) is 8.41. The van der Waals surface area contributed by atoms with Crippen LogP contribution >= 0.6 is 0 Å². The van der Waals surface area contributed by atoms with E-state index in [0.29, 0.717) is 26.4 Å². The molecule has 77 valence electrons. The van der Waals surface area contributed by atoms with Gasteiger partial charge in [-0.1, -0.05) is 0 Å². The van der Waals surface area contributed by atoms with Gasteiger partial charge < -0.3 is 19.3 Å². The van der Waals surface area contributed by atoms with Gasteiger partial charge in [0.05, 0.1) is 39.1 Å². The number of methoxy groups -OCH3 is 1. The molecule has 0 aliphatic carbocycles. The van der Waals surface area contributed by atoms with E-state index >= 15 is 0 Å². The van der Waals surface area contributed by atoms with Crippen molar-refractivity contribution in [2.24, 2.45) is 0 Å². The van der Waals surface area contributed by atoms with Crippen LogP contribution in [0.4, 0.5) is 0 Å². The first-order valence-corrected chi connectivity index (χ1v) is 4.10. The smallest absolute Gasteiger partial charge is 0.0781 e. The van der Waals surface area contributed by atoms with Gasteiger partial charge in [0, 0.05) is 39.8 Å². The van der Waals surface area contributed by atoms with E-state index in [-0.39, 0.29) is 45.4 Å². The monoisotopic (exact) mass is 267 g/mol. The maximum atomic E-state index is 8.41. The van der Waals surface area contributed by atoms with E-state index < -0.39 is 0 Å². The molecule has 0 aliphatic heterocycles. The number of aliphatic hydroxyl groups excluding tert-OH is 1. The van der Waals surface area contributed by atoms with Crippen molar-refractivity contribution in [2.75, 3.05) is 40.1 Å². The van der Waals surface area contributed by atoms with E-state index in [1.54, 1.807) is 7.11 Å². The summed E-state index contributed by atoms with van der Waals surface area (Å²) in [6, 6.07) is 0. The van der Waals surface area contributed by atoms with Crippen LogP contribution in [0.15, 0.2) is 0 Å². The fourth-order valence-corrected chi connectivity index (χ4v) is 0.695. The molecule has 0 aliphatic rings. The SMILES string of the molecule is COCCOC(C)COCCO.[Y]. The average Bonchev–Trinajstić information content (AvgIpc) is 2.06. The minimum atomic E-state index is 0. The van der Waals surface area contributed by atoms with Gasteiger partial charge in [0.1, 0.15) is 0 Å². The minimum absolute atomic E-state index is 0. The largest absolute Gasteiger partial charge is 0.394 e. The van der Waals surface area contributed by atoms with Crippen LogP contribution < -0.4 is 0 Å². The Bertz CT molecular complexity index is 82.2. The molecule has 0 saturated carbocycles. The Morgan fingerprint density at radius 1 is 1.23 bits per heavy atom. The number of hydrogen-bond donors (Lipinski definition) is 1. The van der Waals surface area contributed by atoms with Gasteiger partial charge in [-0.3, -0.25) is 0 Å². The first-order valence-electron chi connectivity index (χ1n) is 4.10. The third-order valence-corrected chi connectivity index (χ3v) is 1.28. The molecular weight excluding hydrogens is 249 g/mol. The molecule has 0 spiro atoms. The van der Waals surface area contributed by atoms with E-state index in [4.69, 9.17) is 19.3 Å². The van der Waals surface area contributed by atoms with Crippen molar-refractivity contribution >= 4 is 0 Å². The molecule has 13 heavy (non-hydrogen) atoms. The van der Waals surface area contributed by atoms with Crippen molar-refractivity contribution in [1.82, 2.24) is 0 Å². The molecule has 0 aromatic rings. The molecule has 0 fully saturated rings. The predicted molar refractivity (Wildman–Crippen MR) is 45.2 cm³/mol. The zero-order chi connectivity index (χ0) is 9.23. The van der Waals surface area contributed by atoms with Crippen molar-refractivity contribution < 1.29 is 52.0 Å². The van der Waals surface area contributed by atoms with Crippen molar-refractivity contribution in [3.8, 4) is 0 Å². The van der Waals surface area contributed by atoms with E-state index in [2.05, 4.69) is 0 Å². The number of hydrogen-bond acceptors (Lipinski definition) is 4. The molecule has 4 nitrogen and oxygen atoms in total. The summed E-state index contributed by atoms with van der Waals surface area (Å²) >= 11 is 0. The Balaban J connectivity index is 0. The maximum absolute atomic E-state index is 8.41. The van der Waals surface area contributed by atoms with E-state index in [9.17, 15) is 0 Å². The average molecular weight is 267 g/mol. The van der Waals surface area contributed by atoms with E-state index in [1.165, 1.54) is 0 Å². The first kappa shape index (κ1) is 16.4. The summed E-state index contributed by atoms with van der Waals surface area (Å²) in [5.41, 5.74) is 0. The second-order valence-corrected chi connectivity index (χ2v) is 2.47. The molecule has 0 rings (SSSR count). The number of rotatable bonds is 8. The number of aliphatic hydroxyl groups is 1. The molecule has 0 amide bonds. The minimum Gasteiger partial charge on any atom is -0.394 e. The van der Waals surface area contributed by atoms with Crippen LogP contribution in [-0.2, 0) is 46.9 Å². The molecule has 1 atom stereocenters. The van der Waals surface area contributed by atoms with Gasteiger partial charge in [0.2, 0.25) is 0 Å². The topological polar surface area (TPSA) is 47.9 Å². The van der Waals surface area contributed by atoms with Gasteiger partial charge in [0.15, 0.2) is 0 Å². The van der Waals surface area contributed by atoms with Crippen molar-refractivity contribution in [3.63, 3.8) is 0 Å². The molecule has 0 aromatic carbocycles. The van der Waals surface area contributed by atoms with Crippen LogP contribution in [-0.4, -0.2) is 51.4 Å². The molecule has 1 unspecified atom stereocenters. The molecule has 0 aromatic heterocycles. The normalized spacial score (nSPS) is 12.2. The van der Waals surface area contributed by atoms with Gasteiger partial charge >= 0.3 is 0 Å². The van der Waals surface area contributed by atoms with E-state index in [0.717, 1.165) is 0 Å². The second-order valence-electron chi connectivity index (χ2n) is 2.47. The quantitative estimate of drug-likeness (QED) is 0.631. The summed E-state index contributed by atoms with van der Waals surface area (Å²) in [6.07, 6.45) is 0.0618. The van der Waals surface area contributed by atoms with Gasteiger partial charge in [-0.05, 0) is 6.92 Å². The first-order chi connectivity index (χ1) is 5.81. The fourth-order valence-electron chi connectivity index (χ4n) is 0.695. The summed E-state index contributed by atoms with van der Waals surface area (Å²) in [7, 11) is 1.64. The van der Waals surface area contributed by atoms with Crippen LogP contribution in [0.5, 0.6) is 0 Å². The van der Waals surface area contributed by atoms with E-state index in [1.807, 2.05) is 6.92 Å². The van der Waals surface area contributed by atoms with Crippen molar-refractivity contribution in [2.45, 2.75) is 13.0 Å². The van der Waals surface area contributed by atoms with Gasteiger partial charge in [0.25, 0.3) is 0 Å². The fraction of sp³-hybridized carbons (Fsp3) is 1.00. The van der Waals surface area contributed by atoms with Crippen LogP contribution in [0.2, 0.25) is 0 Å². The summed E-state index contributed by atoms with van der Waals surface area (Å²) in [6.45, 7) is 4.06. The maximum Gasteiger partial charge on any atom is 0.0781 e. The Morgan fingerprint density at radius 3 is 2.46 bits per heavy atom. The molecule has 0 heterocycles. The molecule has 5 heteroatoms. The third kappa shape index (κ3) is 12.9. The van der Waals surface area contributed by atoms with Crippen LogP contribution in [0.25, 0.3) is 0 Å². The Hall–Kier alpha value is 0.944. The molecular formula is C8H18O4Y. The zero-order valence-electron chi connectivity index (χ0n) is 8.36. The molecule has 0 bridgehead atoms. The molecule has 1 N–H and O–H groups in total. The Labute approximate surface area is 105 Å². The van der Waals surface area contributed by atoms with Gasteiger partial charge in [-0.2, -0.15) is 0 Å². The van der Waals surface area contributed by atoms with Crippen LogP contribution in [0, 0.1) is 0 Å². The summed E-state index contributed by atoms with van der Waals surface area (Å²) in [4.78, 5) is 0. The van der Waals surface area contributed by atoms with Crippen molar-refractivity contribution in [1.29, 1.82) is 0 Å². The zero-order valence-corrected chi connectivity index (χ0v) is 11.2. The van der Waals surface area contributed by atoms with Crippen LogP contribution in [0.3, 0.4) is 0 Å². The number of ether oxygens (including phenoxy) is 3. The van der Waals surface area contributed by atoms with Gasteiger partial charge in [-0.25, -0.2) is 0 Å². The van der Waals surface area contributed by atoms with Crippen molar-refractivity contribution in [3.05, 3.63) is 0 Å². The van der Waals surface area contributed by atoms with Gasteiger partial charge in [-0.15, -0.1) is 0 Å².